The summed E-state index contributed by atoms with van der Waals surface area (Å²) in [6.07, 6.45) is -4.41. The van der Waals surface area contributed by atoms with Gasteiger partial charge in [-0.3, -0.25) is 4.79 Å². The normalized spacial score (nSPS) is 11.0. The Morgan fingerprint density at radius 2 is 1.57 bits per heavy atom. The van der Waals surface area contributed by atoms with Gasteiger partial charge in [-0.25, -0.2) is 0 Å². The van der Waals surface area contributed by atoms with Crippen LogP contribution in [0.2, 0.25) is 0 Å². The summed E-state index contributed by atoms with van der Waals surface area (Å²) >= 11 is 5.08. The molecule has 0 aliphatic heterocycles. The number of carbonyl (C=O) groups excluding carboxylic acids is 1. The fraction of sp³-hybridized carbons (Fsp3) is 0.125. The van der Waals surface area contributed by atoms with Crippen LogP contribution in [0.15, 0.2) is 48.5 Å². The van der Waals surface area contributed by atoms with Crippen molar-refractivity contribution in [3.63, 3.8) is 0 Å². The predicted molar refractivity (Wildman–Crippen MR) is 87.7 cm³/mol. The van der Waals surface area contributed by atoms with E-state index in [1.807, 2.05) is 0 Å². The quantitative estimate of drug-likeness (QED) is 0.628. The van der Waals surface area contributed by atoms with Crippen LogP contribution in [0, 0.1) is 0 Å². The second kappa shape index (κ2) is 6.78. The number of carbonyl (C=O) groups is 1. The fourth-order valence-corrected chi connectivity index (χ4v) is 2.12. The Kier molecular flexibility index (Phi) is 5.00. The number of anilines is 2. The minimum absolute atomic E-state index is 0.0922. The average Bonchev–Trinajstić information content (AvgIpc) is 2.46. The lowest BCUT2D eigenvalue weighted by Crippen LogP contribution is -2.19. The van der Waals surface area contributed by atoms with Crippen LogP contribution < -0.4 is 10.6 Å². The molecule has 3 nitrogen and oxygen atoms in total. The molecular formula is C16H13F3N2OS. The van der Waals surface area contributed by atoms with Crippen LogP contribution in [0.3, 0.4) is 0 Å². The SMILES string of the molecule is CC(=O)c1cccc(NC(=S)Nc2cccc(C(F)(F)F)c2)c1. The van der Waals surface area contributed by atoms with Crippen LogP contribution in [0.25, 0.3) is 0 Å². The summed E-state index contributed by atoms with van der Waals surface area (Å²) in [5.41, 5.74) is 0.544. The highest BCUT2D eigenvalue weighted by Gasteiger charge is 2.30. The standard InChI is InChI=1S/C16H13F3N2OS/c1-10(22)11-4-2-6-13(8-11)20-15(23)21-14-7-3-5-12(9-14)16(17,18)19/h2-9H,1H3,(H2,20,21,23). The van der Waals surface area contributed by atoms with E-state index in [9.17, 15) is 18.0 Å². The lowest BCUT2D eigenvalue weighted by Gasteiger charge is -2.13. The maximum absolute atomic E-state index is 12.7. The zero-order valence-corrected chi connectivity index (χ0v) is 12.9. The Hall–Kier alpha value is -2.41. The summed E-state index contributed by atoms with van der Waals surface area (Å²) in [7, 11) is 0. The van der Waals surface area contributed by atoms with Crippen LogP contribution in [0.4, 0.5) is 24.5 Å². The maximum atomic E-state index is 12.7. The van der Waals surface area contributed by atoms with Crippen molar-refractivity contribution < 1.29 is 18.0 Å². The van der Waals surface area contributed by atoms with E-state index in [-0.39, 0.29) is 16.6 Å². The van der Waals surface area contributed by atoms with Gasteiger partial charge in [0.25, 0.3) is 0 Å². The van der Waals surface area contributed by atoms with Crippen molar-refractivity contribution in [1.82, 2.24) is 0 Å². The molecule has 0 aliphatic carbocycles. The molecular weight excluding hydrogens is 325 g/mol. The van der Waals surface area contributed by atoms with E-state index in [2.05, 4.69) is 10.6 Å². The molecule has 120 valence electrons. The van der Waals surface area contributed by atoms with Gasteiger partial charge in [0.2, 0.25) is 0 Å². The van der Waals surface area contributed by atoms with Gasteiger partial charge in [0.15, 0.2) is 10.9 Å². The van der Waals surface area contributed by atoms with E-state index in [1.54, 1.807) is 24.3 Å². The number of alkyl halides is 3. The molecule has 0 saturated heterocycles. The summed E-state index contributed by atoms with van der Waals surface area (Å²) in [4.78, 5) is 11.3. The largest absolute Gasteiger partial charge is 0.416 e. The van der Waals surface area contributed by atoms with E-state index in [0.29, 0.717) is 11.3 Å². The molecule has 0 saturated carbocycles. The first-order valence-electron chi connectivity index (χ1n) is 6.62. The highest BCUT2D eigenvalue weighted by molar-refractivity contribution is 7.80. The molecule has 0 bridgehead atoms. The van der Waals surface area contributed by atoms with Crippen molar-refractivity contribution in [1.29, 1.82) is 0 Å². The van der Waals surface area contributed by atoms with Gasteiger partial charge in [-0.2, -0.15) is 13.2 Å². The van der Waals surface area contributed by atoms with E-state index in [0.717, 1.165) is 12.1 Å². The highest BCUT2D eigenvalue weighted by atomic mass is 32.1. The zero-order chi connectivity index (χ0) is 17.0. The van der Waals surface area contributed by atoms with Gasteiger partial charge in [0.1, 0.15) is 0 Å². The molecule has 2 N–H and O–H groups in total. The molecule has 23 heavy (non-hydrogen) atoms. The molecule has 2 aromatic rings. The van der Waals surface area contributed by atoms with E-state index in [1.165, 1.54) is 19.1 Å². The third kappa shape index (κ3) is 4.79. The first-order valence-corrected chi connectivity index (χ1v) is 7.03. The molecule has 0 aromatic heterocycles. The Labute approximate surface area is 136 Å². The number of benzene rings is 2. The number of rotatable bonds is 3. The van der Waals surface area contributed by atoms with Crippen LogP contribution in [-0.4, -0.2) is 10.9 Å². The highest BCUT2D eigenvalue weighted by Crippen LogP contribution is 2.30. The smallest absolute Gasteiger partial charge is 0.332 e. The second-order valence-electron chi connectivity index (χ2n) is 4.79. The summed E-state index contributed by atoms with van der Waals surface area (Å²) in [5.74, 6) is -0.0922. The van der Waals surface area contributed by atoms with Gasteiger partial charge >= 0.3 is 6.18 Å². The average molecular weight is 338 g/mol. The van der Waals surface area contributed by atoms with Crippen LogP contribution in [-0.2, 0) is 6.18 Å². The van der Waals surface area contributed by atoms with Gasteiger partial charge in [0.05, 0.1) is 5.56 Å². The Balaban J connectivity index is 2.08. The van der Waals surface area contributed by atoms with Gasteiger partial charge in [-0.15, -0.1) is 0 Å². The first-order chi connectivity index (χ1) is 10.8. The predicted octanol–water partition coefficient (Wildman–Crippen LogP) is 4.72. The van der Waals surface area contributed by atoms with E-state index >= 15 is 0 Å². The molecule has 7 heteroatoms. The van der Waals surface area contributed by atoms with Gasteiger partial charge in [0, 0.05) is 16.9 Å². The monoisotopic (exact) mass is 338 g/mol. The van der Waals surface area contributed by atoms with Crippen LogP contribution >= 0.6 is 12.2 Å². The molecule has 2 aromatic carbocycles. The number of ketones is 1. The second-order valence-corrected chi connectivity index (χ2v) is 5.20. The molecule has 0 unspecified atom stereocenters. The number of thiocarbonyl (C=S) groups is 1. The Morgan fingerprint density at radius 3 is 2.13 bits per heavy atom. The third-order valence-electron chi connectivity index (χ3n) is 2.97. The topological polar surface area (TPSA) is 41.1 Å². The number of hydrogen-bond donors (Lipinski definition) is 2. The molecule has 0 radical (unpaired) electrons. The van der Waals surface area contributed by atoms with Gasteiger partial charge in [-0.05, 0) is 49.5 Å². The summed E-state index contributed by atoms with van der Waals surface area (Å²) in [6.45, 7) is 1.44. The Morgan fingerprint density at radius 1 is 1.00 bits per heavy atom. The minimum atomic E-state index is -4.41. The number of halogens is 3. The number of nitrogens with one attached hydrogen (secondary N) is 2. The van der Waals surface area contributed by atoms with Gasteiger partial charge in [-0.1, -0.05) is 18.2 Å². The van der Waals surface area contributed by atoms with Crippen molar-refractivity contribution in [3.05, 3.63) is 59.7 Å². The maximum Gasteiger partial charge on any atom is 0.416 e. The fourth-order valence-electron chi connectivity index (χ4n) is 1.88. The molecule has 0 heterocycles. The van der Waals surface area contributed by atoms with Crippen molar-refractivity contribution >= 4 is 34.5 Å². The van der Waals surface area contributed by atoms with Crippen LogP contribution in [0.5, 0.6) is 0 Å². The lowest BCUT2D eigenvalue weighted by molar-refractivity contribution is -0.137. The molecule has 0 aliphatic rings. The summed E-state index contributed by atoms with van der Waals surface area (Å²) in [6, 6.07) is 11.4. The molecule has 0 spiro atoms. The molecule has 0 amide bonds. The van der Waals surface area contributed by atoms with Gasteiger partial charge < -0.3 is 10.6 Å². The van der Waals surface area contributed by atoms with Crippen molar-refractivity contribution in [2.75, 3.05) is 10.6 Å². The first kappa shape index (κ1) is 17.0. The van der Waals surface area contributed by atoms with Crippen molar-refractivity contribution in [3.8, 4) is 0 Å². The third-order valence-corrected chi connectivity index (χ3v) is 3.18. The van der Waals surface area contributed by atoms with Crippen molar-refractivity contribution in [2.24, 2.45) is 0 Å². The van der Waals surface area contributed by atoms with Crippen molar-refractivity contribution in [2.45, 2.75) is 13.1 Å². The van der Waals surface area contributed by atoms with E-state index < -0.39 is 11.7 Å². The Bertz CT molecular complexity index is 744. The number of Topliss-reactive ketones (excluding diaryl/α,β-unsaturated/α-hetero) is 1. The zero-order valence-electron chi connectivity index (χ0n) is 12.1. The summed E-state index contributed by atoms with van der Waals surface area (Å²) < 4.78 is 38.0. The lowest BCUT2D eigenvalue weighted by atomic mass is 10.1. The molecule has 2 rings (SSSR count). The van der Waals surface area contributed by atoms with Crippen LogP contribution in [0.1, 0.15) is 22.8 Å². The summed E-state index contributed by atoms with van der Waals surface area (Å²) in [5, 5.41) is 5.65. The molecule has 0 fully saturated rings. The van der Waals surface area contributed by atoms with E-state index in [4.69, 9.17) is 12.2 Å². The molecule has 0 atom stereocenters. The minimum Gasteiger partial charge on any atom is -0.332 e. The number of hydrogen-bond acceptors (Lipinski definition) is 2.